The SMILES string of the molecule is CNCCc1cc(-c2cccc(C)c2)nn1C. The number of benzene rings is 1. The standard InChI is InChI=1S/C14H19N3/c1-11-5-4-6-12(9-11)14-10-13(7-8-15-2)17(3)16-14/h4-6,9-10,15H,7-8H2,1-3H3. The second-order valence-corrected chi connectivity index (χ2v) is 4.37. The lowest BCUT2D eigenvalue weighted by molar-refractivity contribution is 0.683. The lowest BCUT2D eigenvalue weighted by Crippen LogP contribution is -2.12. The van der Waals surface area contributed by atoms with E-state index in [-0.39, 0.29) is 0 Å². The molecule has 0 atom stereocenters. The number of hydrogen-bond acceptors (Lipinski definition) is 2. The maximum absolute atomic E-state index is 4.56. The highest BCUT2D eigenvalue weighted by Crippen LogP contribution is 2.19. The molecule has 0 unspecified atom stereocenters. The topological polar surface area (TPSA) is 29.9 Å². The Morgan fingerprint density at radius 3 is 2.82 bits per heavy atom. The zero-order valence-corrected chi connectivity index (χ0v) is 10.7. The molecule has 0 radical (unpaired) electrons. The molecule has 17 heavy (non-hydrogen) atoms. The Morgan fingerprint density at radius 2 is 2.12 bits per heavy atom. The van der Waals surface area contributed by atoms with E-state index in [9.17, 15) is 0 Å². The van der Waals surface area contributed by atoms with E-state index in [4.69, 9.17) is 0 Å². The van der Waals surface area contributed by atoms with Crippen LogP contribution in [0.4, 0.5) is 0 Å². The van der Waals surface area contributed by atoms with E-state index in [1.165, 1.54) is 16.8 Å². The van der Waals surface area contributed by atoms with Crippen LogP contribution in [-0.4, -0.2) is 23.4 Å². The van der Waals surface area contributed by atoms with E-state index < -0.39 is 0 Å². The molecule has 3 heteroatoms. The van der Waals surface area contributed by atoms with Crippen molar-refractivity contribution < 1.29 is 0 Å². The van der Waals surface area contributed by atoms with Gasteiger partial charge in [-0.05, 0) is 26.1 Å². The Hall–Kier alpha value is -1.61. The van der Waals surface area contributed by atoms with Gasteiger partial charge >= 0.3 is 0 Å². The fraction of sp³-hybridized carbons (Fsp3) is 0.357. The summed E-state index contributed by atoms with van der Waals surface area (Å²) < 4.78 is 1.97. The minimum atomic E-state index is 0.979. The van der Waals surface area contributed by atoms with Crippen molar-refractivity contribution in [1.29, 1.82) is 0 Å². The Balaban J connectivity index is 2.28. The van der Waals surface area contributed by atoms with Gasteiger partial charge in [-0.2, -0.15) is 5.10 Å². The molecule has 0 bridgehead atoms. The molecule has 0 amide bonds. The van der Waals surface area contributed by atoms with Gasteiger partial charge in [0.05, 0.1) is 5.69 Å². The molecule has 0 aliphatic heterocycles. The maximum atomic E-state index is 4.56. The van der Waals surface area contributed by atoms with Gasteiger partial charge in [-0.3, -0.25) is 4.68 Å². The highest BCUT2D eigenvalue weighted by molar-refractivity contribution is 5.60. The molecule has 1 aromatic heterocycles. The van der Waals surface area contributed by atoms with Gasteiger partial charge in [-0.25, -0.2) is 0 Å². The number of nitrogens with zero attached hydrogens (tertiary/aromatic N) is 2. The van der Waals surface area contributed by atoms with Crippen molar-refractivity contribution in [3.05, 3.63) is 41.6 Å². The van der Waals surface area contributed by atoms with E-state index in [2.05, 4.69) is 47.7 Å². The molecule has 1 N–H and O–H groups in total. The summed E-state index contributed by atoms with van der Waals surface area (Å²) >= 11 is 0. The second-order valence-electron chi connectivity index (χ2n) is 4.37. The van der Waals surface area contributed by atoms with Crippen LogP contribution in [0.2, 0.25) is 0 Å². The van der Waals surface area contributed by atoms with Crippen molar-refractivity contribution in [2.75, 3.05) is 13.6 Å². The smallest absolute Gasteiger partial charge is 0.0926 e. The molecule has 90 valence electrons. The highest BCUT2D eigenvalue weighted by Gasteiger charge is 2.06. The summed E-state index contributed by atoms with van der Waals surface area (Å²) in [6.07, 6.45) is 1.01. The van der Waals surface area contributed by atoms with Gasteiger partial charge < -0.3 is 5.32 Å². The largest absolute Gasteiger partial charge is 0.319 e. The molecule has 3 nitrogen and oxygen atoms in total. The van der Waals surface area contributed by atoms with Crippen LogP contribution in [0, 0.1) is 6.92 Å². The average molecular weight is 229 g/mol. The molecule has 0 aliphatic carbocycles. The molecular formula is C14H19N3. The van der Waals surface area contributed by atoms with E-state index in [1.54, 1.807) is 0 Å². The second kappa shape index (κ2) is 5.15. The van der Waals surface area contributed by atoms with Crippen molar-refractivity contribution in [3.8, 4) is 11.3 Å². The predicted molar refractivity (Wildman–Crippen MR) is 71.0 cm³/mol. The van der Waals surface area contributed by atoms with Crippen molar-refractivity contribution in [2.24, 2.45) is 7.05 Å². The lowest BCUT2D eigenvalue weighted by atomic mass is 10.1. The lowest BCUT2D eigenvalue weighted by Gasteiger charge is -1.99. The molecule has 2 aromatic rings. The minimum Gasteiger partial charge on any atom is -0.319 e. The zero-order chi connectivity index (χ0) is 12.3. The van der Waals surface area contributed by atoms with Crippen molar-refractivity contribution >= 4 is 0 Å². The molecule has 0 fully saturated rings. The van der Waals surface area contributed by atoms with Gasteiger partial charge in [0.1, 0.15) is 0 Å². The summed E-state index contributed by atoms with van der Waals surface area (Å²) in [6.45, 7) is 3.08. The van der Waals surface area contributed by atoms with Crippen LogP contribution in [0.15, 0.2) is 30.3 Å². The van der Waals surface area contributed by atoms with Gasteiger partial charge in [0, 0.05) is 31.3 Å². The summed E-state index contributed by atoms with van der Waals surface area (Å²) in [5.41, 5.74) is 4.78. The summed E-state index contributed by atoms with van der Waals surface area (Å²) in [5, 5.41) is 7.72. The molecule has 0 saturated heterocycles. The Kier molecular flexibility index (Phi) is 3.59. The molecular weight excluding hydrogens is 210 g/mol. The molecule has 1 heterocycles. The first-order valence-corrected chi connectivity index (χ1v) is 5.95. The number of rotatable bonds is 4. The summed E-state index contributed by atoms with van der Waals surface area (Å²) in [7, 11) is 3.97. The highest BCUT2D eigenvalue weighted by atomic mass is 15.3. The molecule has 0 aliphatic rings. The quantitative estimate of drug-likeness (QED) is 0.870. The summed E-state index contributed by atoms with van der Waals surface area (Å²) in [4.78, 5) is 0. The van der Waals surface area contributed by atoms with Crippen LogP contribution in [-0.2, 0) is 13.5 Å². The first-order valence-electron chi connectivity index (χ1n) is 5.95. The van der Waals surface area contributed by atoms with Gasteiger partial charge in [-0.1, -0.05) is 23.8 Å². The van der Waals surface area contributed by atoms with E-state index in [0.29, 0.717) is 0 Å². The van der Waals surface area contributed by atoms with Gasteiger partial charge in [-0.15, -0.1) is 0 Å². The average Bonchev–Trinajstić information content (AvgIpc) is 2.68. The fourth-order valence-corrected chi connectivity index (χ4v) is 1.94. The summed E-state index contributed by atoms with van der Waals surface area (Å²) in [5.74, 6) is 0. The van der Waals surface area contributed by atoms with Crippen LogP contribution in [0.1, 0.15) is 11.3 Å². The minimum absolute atomic E-state index is 0.979. The number of aromatic nitrogens is 2. The van der Waals surface area contributed by atoms with Gasteiger partial charge in [0.2, 0.25) is 0 Å². The van der Waals surface area contributed by atoms with Crippen molar-refractivity contribution in [1.82, 2.24) is 15.1 Å². The van der Waals surface area contributed by atoms with Crippen LogP contribution in [0.25, 0.3) is 11.3 Å². The van der Waals surface area contributed by atoms with E-state index in [1.807, 2.05) is 18.8 Å². The Bertz CT molecular complexity index is 500. The molecule has 2 rings (SSSR count). The first-order chi connectivity index (χ1) is 8.20. The maximum Gasteiger partial charge on any atom is 0.0926 e. The Labute approximate surface area is 102 Å². The number of nitrogens with one attached hydrogen (secondary N) is 1. The molecule has 0 spiro atoms. The van der Waals surface area contributed by atoms with Crippen LogP contribution >= 0.6 is 0 Å². The van der Waals surface area contributed by atoms with Gasteiger partial charge in [0.25, 0.3) is 0 Å². The normalized spacial score (nSPS) is 10.8. The first kappa shape index (κ1) is 11.9. The molecule has 0 saturated carbocycles. The van der Waals surface area contributed by atoms with Crippen LogP contribution in [0.5, 0.6) is 0 Å². The van der Waals surface area contributed by atoms with E-state index in [0.717, 1.165) is 18.7 Å². The number of aryl methyl sites for hydroxylation is 2. The predicted octanol–water partition coefficient (Wildman–Crippen LogP) is 2.16. The fourth-order valence-electron chi connectivity index (χ4n) is 1.94. The third-order valence-corrected chi connectivity index (χ3v) is 2.92. The third-order valence-electron chi connectivity index (χ3n) is 2.92. The molecule has 1 aromatic carbocycles. The van der Waals surface area contributed by atoms with Crippen molar-refractivity contribution in [3.63, 3.8) is 0 Å². The summed E-state index contributed by atoms with van der Waals surface area (Å²) in [6, 6.07) is 10.6. The van der Waals surface area contributed by atoms with Gasteiger partial charge in [0.15, 0.2) is 0 Å². The number of likely N-dealkylation sites (N-methyl/N-ethyl adjacent to an activating group) is 1. The Morgan fingerprint density at radius 1 is 1.29 bits per heavy atom. The third kappa shape index (κ3) is 2.74. The van der Waals surface area contributed by atoms with Crippen molar-refractivity contribution in [2.45, 2.75) is 13.3 Å². The zero-order valence-electron chi connectivity index (χ0n) is 10.7. The van der Waals surface area contributed by atoms with Crippen LogP contribution in [0.3, 0.4) is 0 Å². The van der Waals surface area contributed by atoms with E-state index >= 15 is 0 Å². The van der Waals surface area contributed by atoms with Crippen LogP contribution < -0.4 is 5.32 Å². The number of hydrogen-bond donors (Lipinski definition) is 1. The monoisotopic (exact) mass is 229 g/mol.